The lowest BCUT2D eigenvalue weighted by atomic mass is 10.0. The Bertz CT molecular complexity index is 541. The summed E-state index contributed by atoms with van der Waals surface area (Å²) in [7, 11) is 0. The number of likely N-dealkylation sites (tertiary alicyclic amines) is 1. The van der Waals surface area contributed by atoms with Crippen molar-refractivity contribution < 1.29 is 19.4 Å². The van der Waals surface area contributed by atoms with E-state index < -0.39 is 5.97 Å². The zero-order chi connectivity index (χ0) is 15.4. The van der Waals surface area contributed by atoms with Crippen molar-refractivity contribution in [2.75, 3.05) is 19.7 Å². The molecule has 1 aromatic rings. The molecular formula is C16H21NO4. The van der Waals surface area contributed by atoms with Crippen LogP contribution < -0.4 is 4.74 Å². The third kappa shape index (κ3) is 3.74. The number of carbonyl (C=O) groups is 2. The number of para-hydroxylation sites is 1. The quantitative estimate of drug-likeness (QED) is 0.924. The molecule has 1 aliphatic rings. The monoisotopic (exact) mass is 291 g/mol. The van der Waals surface area contributed by atoms with Gasteiger partial charge in [-0.25, -0.2) is 4.79 Å². The highest BCUT2D eigenvalue weighted by Gasteiger charge is 2.22. The number of ether oxygens (including phenoxy) is 1. The van der Waals surface area contributed by atoms with Crippen LogP contribution in [0.5, 0.6) is 5.75 Å². The average Bonchev–Trinajstić information content (AvgIpc) is 2.45. The molecule has 1 aromatic carbocycles. The van der Waals surface area contributed by atoms with E-state index in [1.165, 1.54) is 6.07 Å². The van der Waals surface area contributed by atoms with Crippen molar-refractivity contribution in [1.29, 1.82) is 0 Å². The number of piperidine rings is 1. The molecule has 5 nitrogen and oxygen atoms in total. The second-order valence-electron chi connectivity index (χ2n) is 5.63. The fraction of sp³-hybridized carbons (Fsp3) is 0.500. The Morgan fingerprint density at radius 1 is 1.43 bits per heavy atom. The first-order chi connectivity index (χ1) is 9.99. The van der Waals surface area contributed by atoms with Crippen LogP contribution in [0, 0.1) is 12.8 Å². The molecule has 0 saturated carbocycles. The molecule has 0 spiro atoms. The summed E-state index contributed by atoms with van der Waals surface area (Å²) in [5.74, 6) is -0.340. The largest absolute Gasteiger partial charge is 0.483 e. The standard InChI is InChI=1S/C16H21NO4/c1-11-5-4-8-17(9-11)14(18)10-21-15-12(2)6-3-7-13(15)16(19)20/h3,6-7,11H,4-5,8-10H2,1-2H3,(H,19,20). The predicted molar refractivity (Wildman–Crippen MR) is 78.6 cm³/mol. The second-order valence-corrected chi connectivity index (χ2v) is 5.63. The average molecular weight is 291 g/mol. The molecule has 1 fully saturated rings. The Hall–Kier alpha value is -2.04. The topological polar surface area (TPSA) is 66.8 Å². The van der Waals surface area contributed by atoms with Crippen molar-refractivity contribution in [3.8, 4) is 5.75 Å². The van der Waals surface area contributed by atoms with Crippen LogP contribution in [0.3, 0.4) is 0 Å². The summed E-state index contributed by atoms with van der Waals surface area (Å²) >= 11 is 0. The fourth-order valence-corrected chi connectivity index (χ4v) is 2.65. The minimum Gasteiger partial charge on any atom is -0.483 e. The lowest BCUT2D eigenvalue weighted by Gasteiger charge is -2.31. The first kappa shape index (κ1) is 15.4. The highest BCUT2D eigenvalue weighted by atomic mass is 16.5. The molecule has 5 heteroatoms. The summed E-state index contributed by atoms with van der Waals surface area (Å²) in [6.07, 6.45) is 2.16. The van der Waals surface area contributed by atoms with E-state index in [4.69, 9.17) is 9.84 Å². The molecule has 1 saturated heterocycles. The van der Waals surface area contributed by atoms with Crippen LogP contribution in [-0.2, 0) is 4.79 Å². The highest BCUT2D eigenvalue weighted by molar-refractivity contribution is 5.91. The third-order valence-corrected chi connectivity index (χ3v) is 3.79. The van der Waals surface area contributed by atoms with E-state index >= 15 is 0 Å². The summed E-state index contributed by atoms with van der Waals surface area (Å²) in [5, 5.41) is 9.16. The molecule has 1 aliphatic heterocycles. The van der Waals surface area contributed by atoms with E-state index in [2.05, 4.69) is 6.92 Å². The van der Waals surface area contributed by atoms with Crippen LogP contribution in [0.2, 0.25) is 0 Å². The molecule has 1 atom stereocenters. The molecule has 2 rings (SSSR count). The molecule has 1 N–H and O–H groups in total. The molecule has 0 aromatic heterocycles. The Labute approximate surface area is 124 Å². The van der Waals surface area contributed by atoms with Gasteiger partial charge in [0.05, 0.1) is 0 Å². The Morgan fingerprint density at radius 2 is 2.19 bits per heavy atom. The first-order valence-electron chi connectivity index (χ1n) is 7.22. The minimum atomic E-state index is -1.05. The van der Waals surface area contributed by atoms with Gasteiger partial charge in [0.15, 0.2) is 6.61 Å². The van der Waals surface area contributed by atoms with Crippen LogP contribution in [0.25, 0.3) is 0 Å². The number of hydrogen-bond donors (Lipinski definition) is 1. The number of benzene rings is 1. The highest BCUT2D eigenvalue weighted by Crippen LogP contribution is 2.24. The van der Waals surface area contributed by atoms with E-state index in [0.717, 1.165) is 31.5 Å². The lowest BCUT2D eigenvalue weighted by Crippen LogP contribution is -2.41. The number of aromatic carboxylic acids is 1. The number of carbonyl (C=O) groups excluding carboxylic acids is 1. The molecular weight excluding hydrogens is 270 g/mol. The van der Waals surface area contributed by atoms with Gasteiger partial charge in [0.25, 0.3) is 5.91 Å². The van der Waals surface area contributed by atoms with Crippen LogP contribution >= 0.6 is 0 Å². The number of carboxylic acid groups (broad SMARTS) is 1. The molecule has 0 bridgehead atoms. The summed E-state index contributed by atoms with van der Waals surface area (Å²) in [5.41, 5.74) is 0.810. The van der Waals surface area contributed by atoms with Gasteiger partial charge >= 0.3 is 5.97 Å². The molecule has 1 unspecified atom stereocenters. The van der Waals surface area contributed by atoms with E-state index in [1.807, 2.05) is 0 Å². The van der Waals surface area contributed by atoms with Crippen molar-refractivity contribution in [2.45, 2.75) is 26.7 Å². The summed E-state index contributed by atoms with van der Waals surface area (Å²) < 4.78 is 5.51. The zero-order valence-electron chi connectivity index (χ0n) is 12.5. The number of hydrogen-bond acceptors (Lipinski definition) is 3. The number of rotatable bonds is 4. The van der Waals surface area contributed by atoms with Gasteiger partial charge in [0.1, 0.15) is 11.3 Å². The molecule has 0 radical (unpaired) electrons. The smallest absolute Gasteiger partial charge is 0.339 e. The maximum Gasteiger partial charge on any atom is 0.339 e. The van der Waals surface area contributed by atoms with E-state index in [0.29, 0.717) is 5.92 Å². The zero-order valence-corrected chi connectivity index (χ0v) is 12.5. The maximum absolute atomic E-state index is 12.2. The Balaban J connectivity index is 2.03. The minimum absolute atomic E-state index is 0.0823. The van der Waals surface area contributed by atoms with Gasteiger partial charge < -0.3 is 14.7 Å². The van der Waals surface area contributed by atoms with Gasteiger partial charge in [0, 0.05) is 13.1 Å². The van der Waals surface area contributed by atoms with Crippen molar-refractivity contribution in [3.63, 3.8) is 0 Å². The number of amides is 1. The van der Waals surface area contributed by atoms with E-state index in [1.54, 1.807) is 24.0 Å². The van der Waals surface area contributed by atoms with E-state index in [-0.39, 0.29) is 23.8 Å². The third-order valence-electron chi connectivity index (χ3n) is 3.79. The van der Waals surface area contributed by atoms with Crippen LogP contribution in [0.1, 0.15) is 35.7 Å². The Kier molecular flexibility index (Phi) is 4.83. The van der Waals surface area contributed by atoms with Gasteiger partial charge in [-0.15, -0.1) is 0 Å². The number of carboxylic acids is 1. The lowest BCUT2D eigenvalue weighted by molar-refractivity contribution is -0.135. The Morgan fingerprint density at radius 3 is 2.86 bits per heavy atom. The maximum atomic E-state index is 12.2. The van der Waals surface area contributed by atoms with Crippen molar-refractivity contribution >= 4 is 11.9 Å². The van der Waals surface area contributed by atoms with Crippen molar-refractivity contribution in [3.05, 3.63) is 29.3 Å². The van der Waals surface area contributed by atoms with E-state index in [9.17, 15) is 9.59 Å². The van der Waals surface area contributed by atoms with Gasteiger partial charge in [0.2, 0.25) is 0 Å². The predicted octanol–water partition coefficient (Wildman–Crippen LogP) is 2.33. The van der Waals surface area contributed by atoms with Gasteiger partial charge in [-0.3, -0.25) is 4.79 Å². The molecule has 21 heavy (non-hydrogen) atoms. The molecule has 1 amide bonds. The van der Waals surface area contributed by atoms with Crippen molar-refractivity contribution in [1.82, 2.24) is 4.90 Å². The van der Waals surface area contributed by atoms with Crippen LogP contribution in [-0.4, -0.2) is 41.6 Å². The van der Waals surface area contributed by atoms with Crippen LogP contribution in [0.4, 0.5) is 0 Å². The normalized spacial score (nSPS) is 18.4. The fourth-order valence-electron chi connectivity index (χ4n) is 2.65. The molecule has 114 valence electrons. The molecule has 1 heterocycles. The summed E-state index contributed by atoms with van der Waals surface area (Å²) in [6, 6.07) is 4.92. The second kappa shape index (κ2) is 6.61. The number of aryl methyl sites for hydroxylation is 1. The van der Waals surface area contributed by atoms with Gasteiger partial charge in [-0.1, -0.05) is 19.1 Å². The summed E-state index contributed by atoms with van der Waals surface area (Å²) in [4.78, 5) is 25.1. The van der Waals surface area contributed by atoms with Crippen LogP contribution in [0.15, 0.2) is 18.2 Å². The van der Waals surface area contributed by atoms with Crippen molar-refractivity contribution in [2.24, 2.45) is 5.92 Å². The first-order valence-corrected chi connectivity index (χ1v) is 7.22. The SMILES string of the molecule is Cc1cccc(C(=O)O)c1OCC(=O)N1CCCC(C)C1. The number of nitrogens with zero attached hydrogens (tertiary/aromatic N) is 1. The van der Waals surface area contributed by atoms with Gasteiger partial charge in [-0.05, 0) is 37.3 Å². The molecule has 0 aliphatic carbocycles. The van der Waals surface area contributed by atoms with Gasteiger partial charge in [-0.2, -0.15) is 0 Å². The summed E-state index contributed by atoms with van der Waals surface area (Å²) in [6.45, 7) is 5.30.